The quantitative estimate of drug-likeness (QED) is 0.477. The molecule has 206 valence electrons. The fourth-order valence-electron chi connectivity index (χ4n) is 4.21. The standard InChI is InChI=1S/C25H32N4O8S/c1-15-11-29(16(2)13-30)24(31)18-6-5-7-19(23(18)37-22(15)12-28(3)38(4,33)34)27-25(32)26-17-8-9-20-21(10-17)36-14-35-20/h5-10,15-16,22,30H,11-14H2,1-4H3,(H2,26,27,32)/t15-,16+,22+/m0/s1. The number of aliphatic hydroxyl groups excluding tert-OH is 1. The van der Waals surface area contributed by atoms with Gasteiger partial charge in [0.25, 0.3) is 5.91 Å². The number of hydrogen-bond donors (Lipinski definition) is 3. The van der Waals surface area contributed by atoms with E-state index in [1.807, 2.05) is 6.92 Å². The number of sulfonamides is 1. The second-order valence-electron chi connectivity index (χ2n) is 9.50. The number of para-hydroxylation sites is 1. The van der Waals surface area contributed by atoms with Crippen LogP contribution in [0, 0.1) is 5.92 Å². The van der Waals surface area contributed by atoms with Crippen molar-refractivity contribution in [3.63, 3.8) is 0 Å². The number of urea groups is 1. The van der Waals surface area contributed by atoms with Crippen molar-refractivity contribution >= 4 is 33.3 Å². The third-order valence-electron chi connectivity index (χ3n) is 6.57. The fraction of sp³-hybridized carbons (Fsp3) is 0.440. The second-order valence-corrected chi connectivity index (χ2v) is 11.6. The minimum atomic E-state index is -3.50. The van der Waals surface area contributed by atoms with Crippen molar-refractivity contribution in [1.82, 2.24) is 9.21 Å². The Kier molecular flexibility index (Phi) is 7.99. The molecular formula is C25H32N4O8S. The average Bonchev–Trinajstić information content (AvgIpc) is 3.33. The molecule has 2 aliphatic heterocycles. The normalized spacial score (nSPS) is 19.7. The van der Waals surface area contributed by atoms with Gasteiger partial charge in [-0.05, 0) is 31.2 Å². The van der Waals surface area contributed by atoms with Crippen molar-refractivity contribution in [3.8, 4) is 17.2 Å². The molecule has 13 heteroatoms. The molecule has 0 aliphatic carbocycles. The maximum atomic E-state index is 13.5. The first kappa shape index (κ1) is 27.5. The third kappa shape index (κ3) is 5.95. The van der Waals surface area contributed by atoms with Crippen LogP contribution in [0.15, 0.2) is 36.4 Å². The lowest BCUT2D eigenvalue weighted by atomic mass is 9.99. The zero-order valence-corrected chi connectivity index (χ0v) is 22.4. The van der Waals surface area contributed by atoms with Gasteiger partial charge in [-0.2, -0.15) is 0 Å². The predicted molar refractivity (Wildman–Crippen MR) is 140 cm³/mol. The lowest BCUT2D eigenvalue weighted by Gasteiger charge is -2.38. The highest BCUT2D eigenvalue weighted by atomic mass is 32.2. The number of amides is 3. The topological polar surface area (TPSA) is 147 Å². The van der Waals surface area contributed by atoms with Gasteiger partial charge in [0.15, 0.2) is 17.2 Å². The van der Waals surface area contributed by atoms with E-state index in [9.17, 15) is 23.1 Å². The van der Waals surface area contributed by atoms with Crippen LogP contribution in [-0.4, -0.2) is 86.6 Å². The number of aliphatic hydroxyl groups is 1. The summed E-state index contributed by atoms with van der Waals surface area (Å²) in [6, 6.07) is 8.67. The smallest absolute Gasteiger partial charge is 0.323 e. The van der Waals surface area contributed by atoms with Crippen LogP contribution < -0.4 is 24.8 Å². The van der Waals surface area contributed by atoms with Gasteiger partial charge >= 0.3 is 6.03 Å². The molecule has 0 unspecified atom stereocenters. The van der Waals surface area contributed by atoms with Crippen molar-refractivity contribution in [3.05, 3.63) is 42.0 Å². The molecule has 0 saturated carbocycles. The minimum absolute atomic E-state index is 0.0205. The van der Waals surface area contributed by atoms with E-state index in [0.717, 1.165) is 6.26 Å². The Labute approximate surface area is 221 Å². The summed E-state index contributed by atoms with van der Waals surface area (Å²) < 4.78 is 42.4. The van der Waals surface area contributed by atoms with Crippen molar-refractivity contribution in [2.45, 2.75) is 26.0 Å². The monoisotopic (exact) mass is 548 g/mol. The van der Waals surface area contributed by atoms with Crippen molar-refractivity contribution in [2.24, 2.45) is 5.92 Å². The summed E-state index contributed by atoms with van der Waals surface area (Å²) >= 11 is 0. The van der Waals surface area contributed by atoms with Gasteiger partial charge in [-0.3, -0.25) is 4.79 Å². The Morgan fingerprint density at radius 1 is 1.21 bits per heavy atom. The van der Waals surface area contributed by atoms with E-state index in [-0.39, 0.29) is 55.3 Å². The number of carbonyl (C=O) groups is 2. The maximum Gasteiger partial charge on any atom is 0.323 e. The van der Waals surface area contributed by atoms with E-state index >= 15 is 0 Å². The summed E-state index contributed by atoms with van der Waals surface area (Å²) in [5, 5.41) is 15.2. The van der Waals surface area contributed by atoms with Gasteiger partial charge in [0.1, 0.15) is 6.10 Å². The Hall–Kier alpha value is -3.55. The molecule has 2 aromatic rings. The summed E-state index contributed by atoms with van der Waals surface area (Å²) in [6.07, 6.45) is 0.445. The zero-order valence-electron chi connectivity index (χ0n) is 21.6. The van der Waals surface area contributed by atoms with Gasteiger partial charge in [0.05, 0.1) is 36.7 Å². The van der Waals surface area contributed by atoms with Crippen LogP contribution in [0.5, 0.6) is 17.2 Å². The van der Waals surface area contributed by atoms with E-state index in [1.165, 1.54) is 16.3 Å². The zero-order chi connectivity index (χ0) is 27.6. The summed E-state index contributed by atoms with van der Waals surface area (Å²) in [6.45, 7) is 3.69. The largest absolute Gasteiger partial charge is 0.486 e. The Bertz CT molecular complexity index is 1320. The molecule has 2 heterocycles. The van der Waals surface area contributed by atoms with Crippen LogP contribution in [-0.2, 0) is 10.0 Å². The van der Waals surface area contributed by atoms with Gasteiger partial charge in [0.2, 0.25) is 16.8 Å². The summed E-state index contributed by atoms with van der Waals surface area (Å²) in [5.74, 6) is 0.524. The molecular weight excluding hydrogens is 516 g/mol. The molecule has 12 nitrogen and oxygen atoms in total. The van der Waals surface area contributed by atoms with E-state index in [2.05, 4.69) is 10.6 Å². The number of carbonyl (C=O) groups excluding carboxylic acids is 2. The number of anilines is 2. The molecule has 3 atom stereocenters. The molecule has 2 aliphatic rings. The highest BCUT2D eigenvalue weighted by molar-refractivity contribution is 7.88. The molecule has 3 N–H and O–H groups in total. The van der Waals surface area contributed by atoms with Crippen molar-refractivity contribution in [2.75, 3.05) is 50.4 Å². The van der Waals surface area contributed by atoms with E-state index in [4.69, 9.17) is 14.2 Å². The van der Waals surface area contributed by atoms with Gasteiger partial charge in [0, 0.05) is 31.3 Å². The van der Waals surface area contributed by atoms with Crippen LogP contribution in [0.1, 0.15) is 24.2 Å². The molecule has 0 aromatic heterocycles. The molecule has 38 heavy (non-hydrogen) atoms. The SMILES string of the molecule is C[C@H](CO)N1C[C@H](C)[C@@H](CN(C)S(C)(=O)=O)Oc2c(NC(=O)Nc3ccc4c(c3)OCO4)cccc2C1=O. The van der Waals surface area contributed by atoms with Crippen LogP contribution in [0.3, 0.4) is 0 Å². The summed E-state index contributed by atoms with van der Waals surface area (Å²) in [5.41, 5.74) is 0.878. The summed E-state index contributed by atoms with van der Waals surface area (Å²) in [4.78, 5) is 28.0. The molecule has 0 spiro atoms. The molecule has 4 rings (SSSR count). The first-order valence-corrected chi connectivity index (χ1v) is 13.9. The lowest BCUT2D eigenvalue weighted by Crippen LogP contribution is -2.50. The first-order valence-electron chi connectivity index (χ1n) is 12.1. The minimum Gasteiger partial charge on any atom is -0.486 e. The third-order valence-corrected chi connectivity index (χ3v) is 7.85. The highest BCUT2D eigenvalue weighted by Crippen LogP contribution is 2.36. The number of benzene rings is 2. The van der Waals surface area contributed by atoms with Crippen LogP contribution in [0.25, 0.3) is 0 Å². The summed E-state index contributed by atoms with van der Waals surface area (Å²) in [7, 11) is -2.05. The van der Waals surface area contributed by atoms with Crippen LogP contribution >= 0.6 is 0 Å². The Morgan fingerprint density at radius 3 is 2.66 bits per heavy atom. The van der Waals surface area contributed by atoms with Gasteiger partial charge in [-0.25, -0.2) is 17.5 Å². The van der Waals surface area contributed by atoms with E-state index in [1.54, 1.807) is 43.3 Å². The van der Waals surface area contributed by atoms with Gasteiger partial charge in [-0.1, -0.05) is 13.0 Å². The molecule has 3 amide bonds. The first-order chi connectivity index (χ1) is 18.0. The Balaban J connectivity index is 1.65. The number of ether oxygens (including phenoxy) is 3. The fourth-order valence-corrected chi connectivity index (χ4v) is 4.63. The number of nitrogens with zero attached hydrogens (tertiary/aromatic N) is 2. The molecule has 0 radical (unpaired) electrons. The van der Waals surface area contributed by atoms with Crippen molar-refractivity contribution in [1.29, 1.82) is 0 Å². The van der Waals surface area contributed by atoms with Gasteiger partial charge in [-0.15, -0.1) is 0 Å². The van der Waals surface area contributed by atoms with Gasteiger partial charge < -0.3 is 34.9 Å². The van der Waals surface area contributed by atoms with Crippen molar-refractivity contribution < 1.29 is 37.3 Å². The second kappa shape index (κ2) is 11.1. The predicted octanol–water partition coefficient (Wildman–Crippen LogP) is 2.17. The number of nitrogens with one attached hydrogen (secondary N) is 2. The molecule has 0 saturated heterocycles. The number of fused-ring (bicyclic) bond motifs is 2. The number of likely N-dealkylation sites (N-methyl/N-ethyl adjacent to an activating group) is 1. The molecule has 0 bridgehead atoms. The lowest BCUT2D eigenvalue weighted by molar-refractivity contribution is 0.0389. The van der Waals surface area contributed by atoms with Crippen LogP contribution in [0.4, 0.5) is 16.2 Å². The Morgan fingerprint density at radius 2 is 1.95 bits per heavy atom. The van der Waals surface area contributed by atoms with E-state index < -0.39 is 28.2 Å². The molecule has 2 aromatic carbocycles. The number of rotatable bonds is 7. The highest BCUT2D eigenvalue weighted by Gasteiger charge is 2.35. The average molecular weight is 549 g/mol. The maximum absolute atomic E-state index is 13.5. The number of hydrogen-bond acceptors (Lipinski definition) is 8. The molecule has 0 fully saturated rings. The van der Waals surface area contributed by atoms with E-state index in [0.29, 0.717) is 17.2 Å². The van der Waals surface area contributed by atoms with Crippen LogP contribution in [0.2, 0.25) is 0 Å².